The number of carboxylic acid groups (broad SMARTS) is 1. The van der Waals surface area contributed by atoms with Crippen molar-refractivity contribution in [1.29, 1.82) is 0 Å². The summed E-state index contributed by atoms with van der Waals surface area (Å²) in [5.41, 5.74) is 0. The Bertz CT molecular complexity index is 1240. The maximum absolute atomic E-state index is 12.9. The van der Waals surface area contributed by atoms with Gasteiger partial charge in [0.2, 0.25) is 0 Å². The molecule has 9 nitrogen and oxygen atoms in total. The number of rotatable bonds is 66. The van der Waals surface area contributed by atoms with Gasteiger partial charge in [0.15, 0.2) is 6.10 Å². The van der Waals surface area contributed by atoms with Gasteiger partial charge in [0.25, 0.3) is 6.29 Å². The lowest BCUT2D eigenvalue weighted by Gasteiger charge is -2.25. The number of nitrogens with zero attached hydrogens (tertiary/aromatic N) is 1. The standard InChI is InChI=1S/C69H135NO8/c1-6-8-10-12-14-16-18-20-22-24-26-28-30-32-34-36-38-40-42-44-46-48-50-52-54-56-58-60-67(72)78-65(64-77-69(68(73)74)75-62-61-70(3,4)5)63-76-66(71)59-57-55-53-51-49-47-45-43-41-39-37-35-33-31-29-27-25-23-21-19-17-15-13-11-9-7-2/h65,69H,6-64H2,1-5H3/p+1. The van der Waals surface area contributed by atoms with Crippen LogP contribution in [0.25, 0.3) is 0 Å². The Balaban J connectivity index is 4.06. The van der Waals surface area contributed by atoms with Gasteiger partial charge in [-0.1, -0.05) is 341 Å². The fourth-order valence-electron chi connectivity index (χ4n) is 10.8. The van der Waals surface area contributed by atoms with Crippen molar-refractivity contribution in [2.75, 3.05) is 47.5 Å². The van der Waals surface area contributed by atoms with E-state index in [0.717, 1.165) is 38.5 Å². The van der Waals surface area contributed by atoms with Crippen LogP contribution >= 0.6 is 0 Å². The van der Waals surface area contributed by atoms with E-state index in [4.69, 9.17) is 18.9 Å². The van der Waals surface area contributed by atoms with Crippen molar-refractivity contribution in [3.8, 4) is 0 Å². The molecule has 464 valence electrons. The molecule has 0 aromatic heterocycles. The zero-order valence-electron chi connectivity index (χ0n) is 53.1. The highest BCUT2D eigenvalue weighted by Crippen LogP contribution is 2.19. The van der Waals surface area contributed by atoms with Gasteiger partial charge in [-0.2, -0.15) is 0 Å². The minimum absolute atomic E-state index is 0.172. The van der Waals surface area contributed by atoms with Crippen LogP contribution in [0.2, 0.25) is 0 Å². The van der Waals surface area contributed by atoms with Crippen molar-refractivity contribution in [1.82, 2.24) is 0 Å². The van der Waals surface area contributed by atoms with Crippen LogP contribution in [0, 0.1) is 0 Å². The van der Waals surface area contributed by atoms with Crippen molar-refractivity contribution in [2.24, 2.45) is 0 Å². The highest BCUT2D eigenvalue weighted by atomic mass is 16.7. The highest BCUT2D eigenvalue weighted by Gasteiger charge is 2.25. The van der Waals surface area contributed by atoms with Gasteiger partial charge in [-0.05, 0) is 12.8 Å². The van der Waals surface area contributed by atoms with Crippen LogP contribution < -0.4 is 0 Å². The maximum Gasteiger partial charge on any atom is 0.361 e. The van der Waals surface area contributed by atoms with E-state index in [2.05, 4.69) is 13.8 Å². The first-order valence-corrected chi connectivity index (χ1v) is 34.7. The predicted octanol–water partition coefficient (Wildman–Crippen LogP) is 21.1. The summed E-state index contributed by atoms with van der Waals surface area (Å²) in [5.74, 6) is -1.97. The minimum Gasteiger partial charge on any atom is -0.477 e. The number of ether oxygens (including phenoxy) is 4. The molecule has 0 aromatic carbocycles. The molecular weight excluding hydrogens is 971 g/mol. The number of likely N-dealkylation sites (N-methyl/N-ethyl adjacent to an activating group) is 1. The molecule has 0 saturated carbocycles. The zero-order valence-corrected chi connectivity index (χ0v) is 53.1. The van der Waals surface area contributed by atoms with Gasteiger partial charge in [0.05, 0.1) is 34.4 Å². The fourth-order valence-corrected chi connectivity index (χ4v) is 10.8. The first-order chi connectivity index (χ1) is 38.1. The van der Waals surface area contributed by atoms with Crippen molar-refractivity contribution in [2.45, 2.75) is 379 Å². The lowest BCUT2D eigenvalue weighted by molar-refractivity contribution is -0.870. The molecule has 1 N–H and O–H groups in total. The second-order valence-electron chi connectivity index (χ2n) is 25.2. The SMILES string of the molecule is CCCCCCCCCCCCCCCCCCCCCCCCCCCCCC(=O)OC(COC(=O)CCCCCCCCCCCCCCCCCCCCCCCCCCCC)COC(OCC[N+](C)(C)C)C(=O)O. The minimum atomic E-state index is -1.50. The molecule has 78 heavy (non-hydrogen) atoms. The van der Waals surface area contributed by atoms with E-state index in [1.165, 1.54) is 302 Å². The van der Waals surface area contributed by atoms with Gasteiger partial charge in [0, 0.05) is 12.8 Å². The lowest BCUT2D eigenvalue weighted by Crippen LogP contribution is -2.40. The number of hydrogen-bond donors (Lipinski definition) is 1. The number of unbranched alkanes of at least 4 members (excludes halogenated alkanes) is 51. The summed E-state index contributed by atoms with van der Waals surface area (Å²) in [7, 11) is 6.00. The fraction of sp³-hybridized carbons (Fsp3) is 0.957. The number of carboxylic acids is 1. The van der Waals surface area contributed by atoms with E-state index in [9.17, 15) is 19.5 Å². The number of aliphatic carboxylic acids is 1. The number of carbonyl (C=O) groups is 3. The molecule has 2 unspecified atom stereocenters. The third-order valence-electron chi connectivity index (χ3n) is 16.1. The molecule has 0 saturated heterocycles. The predicted molar refractivity (Wildman–Crippen MR) is 332 cm³/mol. The Hall–Kier alpha value is -1.71. The van der Waals surface area contributed by atoms with Crippen LogP contribution in [0.5, 0.6) is 0 Å². The van der Waals surface area contributed by atoms with Crippen LogP contribution in [-0.2, 0) is 33.3 Å². The molecule has 2 atom stereocenters. The number of esters is 2. The second kappa shape index (κ2) is 61.4. The molecular formula is C69H136NO8+. The van der Waals surface area contributed by atoms with Crippen LogP contribution in [0.15, 0.2) is 0 Å². The van der Waals surface area contributed by atoms with Gasteiger partial charge in [-0.15, -0.1) is 0 Å². The number of hydrogen-bond acceptors (Lipinski definition) is 7. The summed E-state index contributed by atoms with van der Waals surface area (Å²) >= 11 is 0. The molecule has 0 aliphatic heterocycles. The van der Waals surface area contributed by atoms with Crippen molar-refractivity contribution in [3.05, 3.63) is 0 Å². The third-order valence-corrected chi connectivity index (χ3v) is 16.1. The first-order valence-electron chi connectivity index (χ1n) is 34.7. The molecule has 0 aromatic rings. The molecule has 0 radical (unpaired) electrons. The van der Waals surface area contributed by atoms with Gasteiger partial charge >= 0.3 is 17.9 Å². The summed E-state index contributed by atoms with van der Waals surface area (Å²) in [4.78, 5) is 37.6. The van der Waals surface area contributed by atoms with Crippen LogP contribution in [0.3, 0.4) is 0 Å². The summed E-state index contributed by atoms with van der Waals surface area (Å²) in [6, 6.07) is 0. The summed E-state index contributed by atoms with van der Waals surface area (Å²) in [5, 5.41) is 9.74. The Morgan fingerprint density at radius 2 is 0.577 bits per heavy atom. The third kappa shape index (κ3) is 61.9. The van der Waals surface area contributed by atoms with E-state index in [1.54, 1.807) is 0 Å². The molecule has 0 aliphatic rings. The molecule has 0 amide bonds. The van der Waals surface area contributed by atoms with Gasteiger partial charge in [-0.25, -0.2) is 4.79 Å². The Morgan fingerprint density at radius 3 is 0.821 bits per heavy atom. The molecule has 0 spiro atoms. The van der Waals surface area contributed by atoms with E-state index in [0.29, 0.717) is 17.4 Å². The molecule has 0 aliphatic carbocycles. The smallest absolute Gasteiger partial charge is 0.361 e. The highest BCUT2D eigenvalue weighted by molar-refractivity contribution is 5.71. The molecule has 0 fully saturated rings. The second-order valence-corrected chi connectivity index (χ2v) is 25.2. The van der Waals surface area contributed by atoms with E-state index >= 15 is 0 Å². The summed E-state index contributed by atoms with van der Waals surface area (Å²) < 4.78 is 23.0. The van der Waals surface area contributed by atoms with Gasteiger partial charge < -0.3 is 28.5 Å². The number of carbonyl (C=O) groups excluding carboxylic acids is 2. The van der Waals surface area contributed by atoms with Gasteiger partial charge in [0.1, 0.15) is 13.2 Å². The Kier molecular flexibility index (Phi) is 60.0. The topological polar surface area (TPSA) is 108 Å². The first kappa shape index (κ1) is 76.3. The van der Waals surface area contributed by atoms with Crippen LogP contribution in [0.4, 0.5) is 0 Å². The normalized spacial score (nSPS) is 12.6. The van der Waals surface area contributed by atoms with Crippen LogP contribution in [0.1, 0.15) is 367 Å². The Labute approximate surface area is 485 Å². The quantitative estimate of drug-likeness (QED) is 0.0278. The van der Waals surface area contributed by atoms with Crippen molar-refractivity contribution in [3.63, 3.8) is 0 Å². The van der Waals surface area contributed by atoms with Crippen molar-refractivity contribution < 1.29 is 42.9 Å². The lowest BCUT2D eigenvalue weighted by atomic mass is 10.0. The average Bonchev–Trinajstić information content (AvgIpc) is 3.41. The Morgan fingerprint density at radius 1 is 0.333 bits per heavy atom. The monoisotopic (exact) mass is 1110 g/mol. The summed E-state index contributed by atoms with van der Waals surface area (Å²) in [6.45, 7) is 4.97. The van der Waals surface area contributed by atoms with E-state index in [1.807, 2.05) is 21.1 Å². The van der Waals surface area contributed by atoms with Crippen LogP contribution in [-0.4, -0.2) is 87.4 Å². The maximum atomic E-state index is 12.9. The number of quaternary nitrogens is 1. The molecule has 9 heteroatoms. The molecule has 0 bridgehead atoms. The average molecular weight is 1110 g/mol. The van der Waals surface area contributed by atoms with E-state index in [-0.39, 0.29) is 38.2 Å². The van der Waals surface area contributed by atoms with Gasteiger partial charge in [-0.3, -0.25) is 9.59 Å². The molecule has 0 rings (SSSR count). The largest absolute Gasteiger partial charge is 0.477 e. The van der Waals surface area contributed by atoms with E-state index < -0.39 is 18.4 Å². The summed E-state index contributed by atoms with van der Waals surface area (Å²) in [6.07, 6.45) is 69.3. The van der Waals surface area contributed by atoms with Crippen molar-refractivity contribution >= 4 is 17.9 Å². The zero-order chi connectivity index (χ0) is 56.9. The molecule has 0 heterocycles.